The van der Waals surface area contributed by atoms with E-state index in [0.29, 0.717) is 0 Å². The predicted molar refractivity (Wildman–Crippen MR) is 60.5 cm³/mol. The Balaban J connectivity index is 1.72. The van der Waals surface area contributed by atoms with E-state index in [2.05, 4.69) is 0 Å². The quantitative estimate of drug-likeness (QED) is 0.730. The molecule has 0 saturated carbocycles. The Labute approximate surface area is 98.6 Å². The number of aliphatic hydroxyl groups is 1. The van der Waals surface area contributed by atoms with Gasteiger partial charge in [0.1, 0.15) is 5.37 Å². The first-order chi connectivity index (χ1) is 7.68. The fourth-order valence-corrected chi connectivity index (χ4v) is 4.05. The van der Waals surface area contributed by atoms with Crippen LogP contribution in [0.4, 0.5) is 0 Å². The molecule has 4 nitrogen and oxygen atoms in total. The minimum atomic E-state index is -0.557. The maximum Gasteiger partial charge on any atom is 0.236 e. The smallest absolute Gasteiger partial charge is 0.236 e. The number of fused-ring (bicyclic) bond motifs is 1. The molecule has 2 fully saturated rings. The van der Waals surface area contributed by atoms with Crippen molar-refractivity contribution in [3.63, 3.8) is 0 Å². The van der Waals surface area contributed by atoms with E-state index in [4.69, 9.17) is 4.74 Å². The molecule has 0 spiro atoms. The highest BCUT2D eigenvalue weighted by atomic mass is 32.2. The molecule has 0 unspecified atom stereocenters. The largest absolute Gasteiger partial charge is 0.392 e. The zero-order valence-corrected chi connectivity index (χ0v) is 9.94. The molecule has 16 heavy (non-hydrogen) atoms. The molecule has 1 amide bonds. The van der Waals surface area contributed by atoms with Crippen molar-refractivity contribution in [3.8, 4) is 0 Å². The van der Waals surface area contributed by atoms with E-state index in [1.54, 1.807) is 23.6 Å². The van der Waals surface area contributed by atoms with E-state index in [0.717, 1.165) is 24.4 Å². The number of carbonyl (C=O) groups excluding carboxylic acids is 1. The topological polar surface area (TPSA) is 49.8 Å². The van der Waals surface area contributed by atoms with E-state index in [1.165, 1.54) is 0 Å². The van der Waals surface area contributed by atoms with Crippen LogP contribution in [-0.2, 0) is 9.53 Å². The number of carbonyl (C=O) groups is 1. The van der Waals surface area contributed by atoms with Gasteiger partial charge in [-0.2, -0.15) is 0 Å². The first-order valence-electron chi connectivity index (χ1n) is 5.68. The Kier molecular flexibility index (Phi) is 2.49. The van der Waals surface area contributed by atoms with Crippen LogP contribution in [-0.4, -0.2) is 40.1 Å². The van der Waals surface area contributed by atoms with Gasteiger partial charge in [0.05, 0.1) is 18.1 Å². The fourth-order valence-electron chi connectivity index (χ4n) is 2.49. The third-order valence-electron chi connectivity index (χ3n) is 3.41. The van der Waals surface area contributed by atoms with Crippen LogP contribution in [0, 0.1) is 5.92 Å². The monoisotopic (exact) mass is 241 g/mol. The molecule has 0 aliphatic carbocycles. The lowest BCUT2D eigenvalue weighted by Gasteiger charge is -2.42. The van der Waals surface area contributed by atoms with Gasteiger partial charge in [-0.05, 0) is 19.8 Å². The van der Waals surface area contributed by atoms with E-state index >= 15 is 0 Å². The number of aliphatic hydroxyl groups excluding tert-OH is 1. The van der Waals surface area contributed by atoms with Crippen molar-refractivity contribution < 1.29 is 14.6 Å². The number of ether oxygens (including phenoxy) is 1. The number of amides is 1. The second kappa shape index (κ2) is 3.75. The third kappa shape index (κ3) is 1.42. The second-order valence-corrected chi connectivity index (χ2v) is 5.74. The minimum Gasteiger partial charge on any atom is -0.392 e. The number of hydrogen-bond donors (Lipinski definition) is 1. The van der Waals surface area contributed by atoms with E-state index in [9.17, 15) is 9.90 Å². The Bertz CT molecular complexity index is 349. The van der Waals surface area contributed by atoms with E-state index in [1.807, 2.05) is 6.20 Å². The molecule has 3 aliphatic rings. The summed E-state index contributed by atoms with van der Waals surface area (Å²) in [5, 5.41) is 9.63. The third-order valence-corrected chi connectivity index (χ3v) is 4.81. The summed E-state index contributed by atoms with van der Waals surface area (Å²) in [4.78, 5) is 14.6. The van der Waals surface area contributed by atoms with E-state index in [-0.39, 0.29) is 23.3 Å². The van der Waals surface area contributed by atoms with Crippen LogP contribution < -0.4 is 0 Å². The standard InChI is InChI=1S/C11H15NO3S/c1-6(13)9-10(14)12-5-8(16-11(9)12)7-3-2-4-15-7/h5-7,9,11,13H,2-4H2,1H3/t6-,7-,9-,11-/m1/s1. The summed E-state index contributed by atoms with van der Waals surface area (Å²) in [6.07, 6.45) is 3.68. The highest BCUT2D eigenvalue weighted by molar-refractivity contribution is 8.04. The Morgan fingerprint density at radius 1 is 1.69 bits per heavy atom. The molecule has 0 radical (unpaired) electrons. The van der Waals surface area contributed by atoms with E-state index < -0.39 is 6.10 Å². The molecular weight excluding hydrogens is 226 g/mol. The lowest BCUT2D eigenvalue weighted by molar-refractivity contribution is -0.151. The van der Waals surface area contributed by atoms with Crippen LogP contribution in [0.1, 0.15) is 19.8 Å². The van der Waals surface area contributed by atoms with Gasteiger partial charge in [0.25, 0.3) is 0 Å². The molecule has 88 valence electrons. The average molecular weight is 241 g/mol. The number of hydrogen-bond acceptors (Lipinski definition) is 4. The van der Waals surface area contributed by atoms with Crippen molar-refractivity contribution in [2.45, 2.75) is 37.3 Å². The Morgan fingerprint density at radius 2 is 2.50 bits per heavy atom. The van der Waals surface area contributed by atoms with Crippen LogP contribution in [0.5, 0.6) is 0 Å². The molecular formula is C11H15NO3S. The van der Waals surface area contributed by atoms with Gasteiger partial charge < -0.3 is 14.7 Å². The van der Waals surface area contributed by atoms with Crippen molar-refractivity contribution in [1.82, 2.24) is 4.90 Å². The summed E-state index contributed by atoms with van der Waals surface area (Å²) in [5.41, 5.74) is 0. The van der Waals surface area contributed by atoms with Gasteiger partial charge in [-0.3, -0.25) is 4.79 Å². The van der Waals surface area contributed by atoms with Crippen LogP contribution in [0.3, 0.4) is 0 Å². The van der Waals surface area contributed by atoms with Crippen LogP contribution >= 0.6 is 11.8 Å². The van der Waals surface area contributed by atoms with Crippen LogP contribution in [0.25, 0.3) is 0 Å². The zero-order valence-electron chi connectivity index (χ0n) is 9.13. The van der Waals surface area contributed by atoms with Crippen LogP contribution in [0.2, 0.25) is 0 Å². The van der Waals surface area contributed by atoms with Crippen molar-refractivity contribution >= 4 is 17.7 Å². The van der Waals surface area contributed by atoms with Crippen molar-refractivity contribution in [1.29, 1.82) is 0 Å². The highest BCUT2D eigenvalue weighted by Crippen LogP contribution is 2.48. The molecule has 5 heteroatoms. The number of β-lactam (4-membered cyclic amide) rings is 1. The zero-order chi connectivity index (χ0) is 11.3. The van der Waals surface area contributed by atoms with Gasteiger partial charge >= 0.3 is 0 Å². The summed E-state index contributed by atoms with van der Waals surface area (Å²) < 4.78 is 5.60. The van der Waals surface area contributed by atoms with Crippen molar-refractivity contribution in [3.05, 3.63) is 11.1 Å². The predicted octanol–water partition coefficient (Wildman–Crippen LogP) is 0.919. The summed E-state index contributed by atoms with van der Waals surface area (Å²) in [5.74, 6) is -0.194. The first kappa shape index (κ1) is 10.6. The van der Waals surface area contributed by atoms with Gasteiger partial charge in [-0.15, -0.1) is 0 Å². The van der Waals surface area contributed by atoms with Gasteiger partial charge in [0, 0.05) is 17.7 Å². The molecule has 3 heterocycles. The maximum absolute atomic E-state index is 11.7. The number of thioether (sulfide) groups is 1. The fraction of sp³-hybridized carbons (Fsp3) is 0.727. The summed E-state index contributed by atoms with van der Waals surface area (Å²) in [6, 6.07) is 0. The molecule has 3 rings (SSSR count). The highest BCUT2D eigenvalue weighted by Gasteiger charge is 2.53. The Hall–Kier alpha value is -0.520. The number of rotatable bonds is 2. The lowest BCUT2D eigenvalue weighted by Crippen LogP contribution is -2.58. The molecule has 4 atom stereocenters. The van der Waals surface area contributed by atoms with Gasteiger partial charge in [-0.1, -0.05) is 11.8 Å². The number of nitrogens with zero attached hydrogens (tertiary/aromatic N) is 1. The second-order valence-electron chi connectivity index (χ2n) is 4.55. The molecule has 2 saturated heterocycles. The van der Waals surface area contributed by atoms with Crippen molar-refractivity contribution in [2.75, 3.05) is 6.61 Å². The van der Waals surface area contributed by atoms with Gasteiger partial charge in [-0.25, -0.2) is 0 Å². The summed E-state index contributed by atoms with van der Waals surface area (Å²) >= 11 is 1.68. The lowest BCUT2D eigenvalue weighted by atomic mass is 9.93. The summed E-state index contributed by atoms with van der Waals surface area (Å²) in [7, 11) is 0. The normalized spacial score (nSPS) is 39.4. The maximum atomic E-state index is 11.7. The molecule has 0 aromatic carbocycles. The van der Waals surface area contributed by atoms with Gasteiger partial charge in [0.15, 0.2) is 0 Å². The SMILES string of the molecule is C[C@@H](O)[C@@H]1C(=O)N2C=C([C@H]3CCCO3)S[C@H]12. The van der Waals surface area contributed by atoms with Gasteiger partial charge in [0.2, 0.25) is 5.91 Å². The average Bonchev–Trinajstić information content (AvgIpc) is 2.82. The minimum absolute atomic E-state index is 0.0421. The Morgan fingerprint density at radius 3 is 3.12 bits per heavy atom. The van der Waals surface area contributed by atoms with Crippen LogP contribution in [0.15, 0.2) is 11.1 Å². The molecule has 0 aromatic rings. The molecule has 0 aromatic heterocycles. The van der Waals surface area contributed by atoms with Crippen molar-refractivity contribution in [2.24, 2.45) is 5.92 Å². The molecule has 1 N–H and O–H groups in total. The first-order valence-corrected chi connectivity index (χ1v) is 6.56. The molecule has 3 aliphatic heterocycles. The summed E-state index contributed by atoms with van der Waals surface area (Å²) in [6.45, 7) is 2.51. The molecule has 0 bridgehead atoms.